The summed E-state index contributed by atoms with van der Waals surface area (Å²) >= 11 is 0. The molecule has 2 aromatic rings. The molecule has 1 fully saturated rings. The molecule has 1 saturated heterocycles. The number of aromatic nitrogens is 1. The topological polar surface area (TPSA) is 77.2 Å². The van der Waals surface area contributed by atoms with Crippen LogP contribution in [-0.4, -0.2) is 41.3 Å². The van der Waals surface area contributed by atoms with Crippen molar-refractivity contribution in [3.63, 3.8) is 0 Å². The van der Waals surface area contributed by atoms with Crippen LogP contribution in [0.2, 0.25) is 0 Å². The van der Waals surface area contributed by atoms with Gasteiger partial charge in [0, 0.05) is 22.6 Å². The minimum absolute atomic E-state index is 0.0395. The smallest absolute Gasteiger partial charge is 0.256 e. The van der Waals surface area contributed by atoms with E-state index in [1.807, 2.05) is 13.8 Å². The molecule has 0 atom stereocenters. The molecule has 0 saturated carbocycles. The number of fused-ring (bicyclic) bond motifs is 1. The summed E-state index contributed by atoms with van der Waals surface area (Å²) in [4.78, 5) is 30.3. The summed E-state index contributed by atoms with van der Waals surface area (Å²) in [5.74, 6) is -0.702. The van der Waals surface area contributed by atoms with E-state index in [4.69, 9.17) is 0 Å². The molecule has 0 bridgehead atoms. The van der Waals surface area contributed by atoms with Crippen molar-refractivity contribution < 1.29 is 14.0 Å². The van der Waals surface area contributed by atoms with E-state index in [0.29, 0.717) is 23.4 Å². The first-order valence-electron chi connectivity index (χ1n) is 9.96. The summed E-state index contributed by atoms with van der Waals surface area (Å²) in [6.45, 7) is 6.08. The van der Waals surface area contributed by atoms with Crippen molar-refractivity contribution in [2.75, 3.05) is 30.3 Å². The Morgan fingerprint density at radius 2 is 2.00 bits per heavy atom. The quantitative estimate of drug-likeness (QED) is 0.690. The van der Waals surface area contributed by atoms with Gasteiger partial charge in [0.25, 0.3) is 5.91 Å². The molecule has 2 aliphatic heterocycles. The maximum absolute atomic E-state index is 13.7. The van der Waals surface area contributed by atoms with Crippen LogP contribution in [0.5, 0.6) is 0 Å². The molecule has 2 aliphatic rings. The van der Waals surface area contributed by atoms with Gasteiger partial charge in [0.2, 0.25) is 5.91 Å². The molecule has 0 aliphatic carbocycles. The third kappa shape index (κ3) is 3.96. The first-order valence-corrected chi connectivity index (χ1v) is 9.96. The number of aryl methyl sites for hydroxylation is 1. The summed E-state index contributed by atoms with van der Waals surface area (Å²) in [5.41, 5.74) is 4.65. The highest BCUT2D eigenvalue weighted by Crippen LogP contribution is 2.35. The number of piperidine rings is 1. The van der Waals surface area contributed by atoms with Crippen molar-refractivity contribution in [3.05, 3.63) is 46.5 Å². The van der Waals surface area contributed by atoms with E-state index in [1.54, 1.807) is 12.1 Å². The molecular weight excluding hydrogens is 371 g/mol. The Kier molecular flexibility index (Phi) is 5.24. The second kappa shape index (κ2) is 7.83. The molecule has 152 valence electrons. The summed E-state index contributed by atoms with van der Waals surface area (Å²) < 4.78 is 13.7. The van der Waals surface area contributed by atoms with Crippen LogP contribution < -0.4 is 10.6 Å². The largest absolute Gasteiger partial charge is 0.357 e. The molecule has 3 heterocycles. The standard InChI is InChI=1S/C22H25FN4O2/c1-13-19(11-17-16-10-15(23)6-7-18(16)25-22(17)29)24-14(2)21(13)26-20(28)12-27-8-4-3-5-9-27/h6-7,10-11,24H,3-5,8-9,12H2,1-2H3,(H,25,29)(H,26,28)/b17-11-. The van der Waals surface area contributed by atoms with Gasteiger partial charge in [0.15, 0.2) is 0 Å². The number of hydrogen-bond acceptors (Lipinski definition) is 3. The molecule has 0 unspecified atom stereocenters. The lowest BCUT2D eigenvalue weighted by Gasteiger charge is -2.25. The predicted molar refractivity (Wildman–Crippen MR) is 112 cm³/mol. The number of anilines is 2. The van der Waals surface area contributed by atoms with Gasteiger partial charge < -0.3 is 15.6 Å². The lowest BCUT2D eigenvalue weighted by molar-refractivity contribution is -0.117. The Balaban J connectivity index is 1.56. The molecule has 29 heavy (non-hydrogen) atoms. The van der Waals surface area contributed by atoms with Crippen molar-refractivity contribution in [2.24, 2.45) is 0 Å². The minimum Gasteiger partial charge on any atom is -0.357 e. The fourth-order valence-electron chi connectivity index (χ4n) is 4.05. The minimum atomic E-state index is -0.392. The molecule has 0 spiro atoms. The number of carbonyl (C=O) groups excluding carboxylic acids is 2. The summed E-state index contributed by atoms with van der Waals surface area (Å²) in [6, 6.07) is 4.23. The number of halogens is 1. The molecule has 0 radical (unpaired) electrons. The van der Waals surface area contributed by atoms with Crippen LogP contribution in [0.4, 0.5) is 15.8 Å². The third-order valence-electron chi connectivity index (χ3n) is 5.61. The Hall–Kier alpha value is -2.93. The number of carbonyl (C=O) groups is 2. The Bertz CT molecular complexity index is 1000. The second-order valence-corrected chi connectivity index (χ2v) is 7.75. The van der Waals surface area contributed by atoms with Crippen molar-refractivity contribution >= 4 is 34.8 Å². The Morgan fingerprint density at radius 3 is 2.76 bits per heavy atom. The molecule has 6 nitrogen and oxygen atoms in total. The summed E-state index contributed by atoms with van der Waals surface area (Å²) in [7, 11) is 0. The number of H-pyrrole nitrogens is 1. The average Bonchev–Trinajstić information content (AvgIpc) is 3.13. The van der Waals surface area contributed by atoms with Crippen molar-refractivity contribution in [1.82, 2.24) is 9.88 Å². The number of rotatable bonds is 4. The zero-order valence-corrected chi connectivity index (χ0v) is 16.7. The van der Waals surface area contributed by atoms with Crippen LogP contribution >= 0.6 is 0 Å². The number of hydrogen-bond donors (Lipinski definition) is 3. The zero-order valence-electron chi connectivity index (χ0n) is 16.7. The van der Waals surface area contributed by atoms with Gasteiger partial charge in [-0.2, -0.15) is 0 Å². The molecule has 3 N–H and O–H groups in total. The van der Waals surface area contributed by atoms with Crippen LogP contribution in [-0.2, 0) is 9.59 Å². The molecule has 7 heteroatoms. The second-order valence-electron chi connectivity index (χ2n) is 7.75. The van der Waals surface area contributed by atoms with E-state index in [1.165, 1.54) is 18.6 Å². The van der Waals surface area contributed by atoms with Crippen LogP contribution in [0.3, 0.4) is 0 Å². The van der Waals surface area contributed by atoms with Crippen LogP contribution in [0.1, 0.15) is 41.8 Å². The summed E-state index contributed by atoms with van der Waals surface area (Å²) in [6.07, 6.45) is 5.21. The first kappa shape index (κ1) is 19.4. The van der Waals surface area contributed by atoms with Gasteiger partial charge in [-0.25, -0.2) is 4.39 Å². The van der Waals surface area contributed by atoms with Crippen LogP contribution in [0.25, 0.3) is 11.6 Å². The number of benzene rings is 1. The fourth-order valence-corrected chi connectivity index (χ4v) is 4.05. The molecule has 1 aromatic carbocycles. The SMILES string of the molecule is Cc1[nH]c(/C=C2\C(=O)Nc3ccc(F)cc32)c(C)c1NC(=O)CN1CCCCC1. The molecular formula is C22H25FN4O2. The number of amides is 2. The van der Waals surface area contributed by atoms with Crippen molar-refractivity contribution in [2.45, 2.75) is 33.1 Å². The lowest BCUT2D eigenvalue weighted by Crippen LogP contribution is -2.36. The number of nitrogens with zero attached hydrogens (tertiary/aromatic N) is 1. The van der Waals surface area contributed by atoms with Gasteiger partial charge in [0.1, 0.15) is 5.82 Å². The van der Waals surface area contributed by atoms with Gasteiger partial charge in [-0.05, 0) is 69.6 Å². The highest BCUT2D eigenvalue weighted by atomic mass is 19.1. The van der Waals surface area contributed by atoms with E-state index in [9.17, 15) is 14.0 Å². The predicted octanol–water partition coefficient (Wildman–Crippen LogP) is 3.69. The molecule has 2 amide bonds. The summed E-state index contributed by atoms with van der Waals surface area (Å²) in [5, 5.41) is 5.76. The zero-order chi connectivity index (χ0) is 20.5. The highest BCUT2D eigenvalue weighted by molar-refractivity contribution is 6.34. The molecule has 1 aromatic heterocycles. The van der Waals surface area contributed by atoms with Crippen LogP contribution in [0.15, 0.2) is 18.2 Å². The van der Waals surface area contributed by atoms with Crippen LogP contribution in [0, 0.1) is 19.7 Å². The highest BCUT2D eigenvalue weighted by Gasteiger charge is 2.25. The number of aromatic amines is 1. The Morgan fingerprint density at radius 1 is 1.24 bits per heavy atom. The first-order chi connectivity index (χ1) is 13.9. The maximum atomic E-state index is 13.7. The average molecular weight is 396 g/mol. The maximum Gasteiger partial charge on any atom is 0.256 e. The number of nitrogens with one attached hydrogen (secondary N) is 3. The van der Waals surface area contributed by atoms with Crippen molar-refractivity contribution in [1.29, 1.82) is 0 Å². The molecule has 4 rings (SSSR count). The van der Waals surface area contributed by atoms with E-state index in [2.05, 4.69) is 20.5 Å². The van der Waals surface area contributed by atoms with Gasteiger partial charge in [0.05, 0.1) is 17.8 Å². The lowest BCUT2D eigenvalue weighted by atomic mass is 10.0. The van der Waals surface area contributed by atoms with Gasteiger partial charge in [-0.15, -0.1) is 0 Å². The van der Waals surface area contributed by atoms with Gasteiger partial charge in [-0.1, -0.05) is 6.42 Å². The number of likely N-dealkylation sites (tertiary alicyclic amines) is 1. The van der Waals surface area contributed by atoms with Crippen molar-refractivity contribution in [3.8, 4) is 0 Å². The monoisotopic (exact) mass is 396 g/mol. The fraction of sp³-hybridized carbons (Fsp3) is 0.364. The van der Waals surface area contributed by atoms with Gasteiger partial charge >= 0.3 is 0 Å². The van der Waals surface area contributed by atoms with E-state index >= 15 is 0 Å². The Labute approximate surface area is 169 Å². The van der Waals surface area contributed by atoms with Gasteiger partial charge in [-0.3, -0.25) is 14.5 Å². The normalized spacial score (nSPS) is 18.0. The van der Waals surface area contributed by atoms with E-state index < -0.39 is 5.82 Å². The van der Waals surface area contributed by atoms with E-state index in [-0.39, 0.29) is 11.8 Å². The van der Waals surface area contributed by atoms with E-state index in [0.717, 1.165) is 48.6 Å². The third-order valence-corrected chi connectivity index (χ3v) is 5.61.